The van der Waals surface area contributed by atoms with Crippen LogP contribution >= 0.6 is 0 Å². The summed E-state index contributed by atoms with van der Waals surface area (Å²) in [6.07, 6.45) is 9.45. The van der Waals surface area contributed by atoms with E-state index >= 15 is 0 Å². The molecule has 0 N–H and O–H groups in total. The van der Waals surface area contributed by atoms with E-state index in [1.807, 2.05) is 67.8 Å². The van der Waals surface area contributed by atoms with Crippen LogP contribution < -0.4 is 0 Å². The number of benzene rings is 4. The molecule has 0 saturated carbocycles. The number of fused-ring (bicyclic) bond motifs is 4. The Morgan fingerprint density at radius 3 is 1.96 bits per heavy atom. The van der Waals surface area contributed by atoms with Gasteiger partial charge in [-0.2, -0.15) is 0 Å². The van der Waals surface area contributed by atoms with Gasteiger partial charge in [0.15, 0.2) is 0 Å². The second-order valence-electron chi connectivity index (χ2n) is 12.0. The monoisotopic (exact) mass is 610 g/mol. The molecule has 0 bridgehead atoms. The van der Waals surface area contributed by atoms with Crippen molar-refractivity contribution < 1.29 is 0 Å². The van der Waals surface area contributed by atoms with E-state index in [-0.39, 0.29) is 0 Å². The lowest BCUT2D eigenvalue weighted by Crippen LogP contribution is -1.97. The maximum atomic E-state index is 5.11. The molecule has 0 spiro atoms. The van der Waals surface area contributed by atoms with E-state index in [0.29, 0.717) is 0 Å². The molecule has 47 heavy (non-hydrogen) atoms. The fourth-order valence-corrected chi connectivity index (χ4v) is 6.79. The Bertz CT molecular complexity index is 2620. The topological polar surface area (TPSA) is 71.3 Å². The third-order valence-electron chi connectivity index (χ3n) is 9.13. The standard InChI is InChI=1S/C39H30N8/c1-44-19-17-41-37(44)26-12-15-34-31(22-26)30-13-10-28(23-35(30)47(34)29-8-6-7-25(21-29)32-9-4-5-16-40-32)39-43-33-14-11-27(24-36(33)46(39)3)38-42-18-20-45(38)2/h4-24H,1-3H3. The highest BCUT2D eigenvalue weighted by molar-refractivity contribution is 6.11. The number of hydrogen-bond acceptors (Lipinski definition) is 4. The van der Waals surface area contributed by atoms with Gasteiger partial charge in [-0.25, -0.2) is 15.0 Å². The van der Waals surface area contributed by atoms with Crippen LogP contribution in [-0.4, -0.2) is 38.2 Å². The van der Waals surface area contributed by atoms with Crippen LogP contribution in [0.3, 0.4) is 0 Å². The van der Waals surface area contributed by atoms with Gasteiger partial charge in [-0.3, -0.25) is 4.98 Å². The molecular formula is C39H30N8. The van der Waals surface area contributed by atoms with Gasteiger partial charge in [0.05, 0.1) is 27.8 Å². The summed E-state index contributed by atoms with van der Waals surface area (Å²) in [5.41, 5.74) is 10.5. The highest BCUT2D eigenvalue weighted by Crippen LogP contribution is 2.38. The molecule has 8 heteroatoms. The molecule has 0 unspecified atom stereocenters. The number of aromatic nitrogens is 8. The SMILES string of the molecule is Cn1ccnc1-c1ccc2c(c1)c1ccc(-c3nc4ccc(-c5nccn5C)cc4n3C)cc1n2-c1cccc(-c2ccccn2)c1. The number of pyridine rings is 1. The molecule has 0 amide bonds. The van der Waals surface area contributed by atoms with Crippen LogP contribution in [0.2, 0.25) is 0 Å². The molecule has 0 atom stereocenters. The van der Waals surface area contributed by atoms with E-state index in [4.69, 9.17) is 4.98 Å². The number of nitrogens with zero attached hydrogens (tertiary/aromatic N) is 8. The van der Waals surface area contributed by atoms with Crippen LogP contribution in [0.15, 0.2) is 128 Å². The Balaban J connectivity index is 1.26. The van der Waals surface area contributed by atoms with Gasteiger partial charge in [-0.05, 0) is 66.7 Å². The van der Waals surface area contributed by atoms with E-state index in [1.165, 1.54) is 10.8 Å². The first-order valence-electron chi connectivity index (χ1n) is 15.6. The van der Waals surface area contributed by atoms with Crippen molar-refractivity contribution in [2.24, 2.45) is 21.1 Å². The minimum atomic E-state index is 0.909. The predicted molar refractivity (Wildman–Crippen MR) is 188 cm³/mol. The van der Waals surface area contributed by atoms with Crippen LogP contribution in [0.25, 0.3) is 83.9 Å². The molecule has 0 radical (unpaired) electrons. The van der Waals surface area contributed by atoms with Crippen molar-refractivity contribution in [1.82, 2.24) is 38.2 Å². The van der Waals surface area contributed by atoms with Gasteiger partial charge in [0.25, 0.3) is 0 Å². The first kappa shape index (κ1) is 27.1. The molecular weight excluding hydrogens is 580 g/mol. The Morgan fingerprint density at radius 1 is 0.489 bits per heavy atom. The molecule has 8 nitrogen and oxygen atoms in total. The van der Waals surface area contributed by atoms with Gasteiger partial charge in [0, 0.05) is 90.8 Å². The molecule has 0 aliphatic carbocycles. The average molecular weight is 611 g/mol. The number of imidazole rings is 3. The summed E-state index contributed by atoms with van der Waals surface area (Å²) in [5, 5.41) is 2.33. The Hall–Kier alpha value is -6.28. The molecule has 9 rings (SSSR count). The average Bonchev–Trinajstić information content (AvgIpc) is 3.89. The summed E-state index contributed by atoms with van der Waals surface area (Å²) >= 11 is 0. The van der Waals surface area contributed by atoms with Crippen LogP contribution in [0.1, 0.15) is 0 Å². The molecule has 0 saturated heterocycles. The minimum absolute atomic E-state index is 0.909. The first-order valence-corrected chi connectivity index (χ1v) is 15.6. The van der Waals surface area contributed by atoms with E-state index in [1.54, 1.807) is 0 Å². The first-order chi connectivity index (χ1) is 23.0. The summed E-state index contributed by atoms with van der Waals surface area (Å²) in [5.74, 6) is 2.77. The summed E-state index contributed by atoms with van der Waals surface area (Å²) in [4.78, 5) is 18.9. The van der Waals surface area contributed by atoms with Gasteiger partial charge in [0.2, 0.25) is 0 Å². The molecule has 4 aromatic carbocycles. The molecule has 0 aliphatic rings. The van der Waals surface area contributed by atoms with Gasteiger partial charge < -0.3 is 18.3 Å². The molecule has 0 aliphatic heterocycles. The Kier molecular flexibility index (Phi) is 5.98. The second kappa shape index (κ2) is 10.4. The van der Waals surface area contributed by atoms with E-state index in [9.17, 15) is 0 Å². The van der Waals surface area contributed by atoms with Gasteiger partial charge in [-0.15, -0.1) is 0 Å². The lowest BCUT2D eigenvalue weighted by atomic mass is 10.1. The molecule has 226 valence electrons. The smallest absolute Gasteiger partial charge is 0.140 e. The minimum Gasteiger partial charge on any atom is -0.334 e. The fourth-order valence-electron chi connectivity index (χ4n) is 6.79. The normalized spacial score (nSPS) is 11.7. The van der Waals surface area contributed by atoms with Crippen LogP contribution in [0.4, 0.5) is 0 Å². The second-order valence-corrected chi connectivity index (χ2v) is 12.0. The highest BCUT2D eigenvalue weighted by atomic mass is 15.1. The van der Waals surface area contributed by atoms with Crippen LogP contribution in [0, 0.1) is 0 Å². The van der Waals surface area contributed by atoms with E-state index in [0.717, 1.165) is 73.2 Å². The fraction of sp³-hybridized carbons (Fsp3) is 0.0769. The van der Waals surface area contributed by atoms with Crippen molar-refractivity contribution in [3.8, 4) is 51.1 Å². The maximum absolute atomic E-state index is 5.11. The zero-order valence-corrected chi connectivity index (χ0v) is 26.2. The summed E-state index contributed by atoms with van der Waals surface area (Å²) in [6, 6.07) is 34.3. The largest absolute Gasteiger partial charge is 0.334 e. The molecule has 0 fully saturated rings. The quantitative estimate of drug-likeness (QED) is 0.197. The van der Waals surface area contributed by atoms with Crippen molar-refractivity contribution in [1.29, 1.82) is 0 Å². The van der Waals surface area contributed by atoms with Gasteiger partial charge in [0.1, 0.15) is 17.5 Å². The summed E-state index contributed by atoms with van der Waals surface area (Å²) in [7, 11) is 6.13. The maximum Gasteiger partial charge on any atom is 0.140 e. The summed E-state index contributed by atoms with van der Waals surface area (Å²) < 4.78 is 8.62. The van der Waals surface area contributed by atoms with Crippen molar-refractivity contribution in [2.75, 3.05) is 0 Å². The van der Waals surface area contributed by atoms with Crippen molar-refractivity contribution in [3.63, 3.8) is 0 Å². The molecule has 5 heterocycles. The Morgan fingerprint density at radius 2 is 1.21 bits per heavy atom. The van der Waals surface area contributed by atoms with Gasteiger partial charge in [-0.1, -0.05) is 30.3 Å². The highest BCUT2D eigenvalue weighted by Gasteiger charge is 2.18. The number of hydrogen-bond donors (Lipinski definition) is 0. The number of rotatable bonds is 5. The van der Waals surface area contributed by atoms with Gasteiger partial charge >= 0.3 is 0 Å². The van der Waals surface area contributed by atoms with Crippen molar-refractivity contribution >= 4 is 32.8 Å². The lowest BCUT2D eigenvalue weighted by molar-refractivity contribution is 0.924. The third kappa shape index (κ3) is 4.29. The zero-order chi connectivity index (χ0) is 31.6. The van der Waals surface area contributed by atoms with Crippen molar-refractivity contribution in [2.45, 2.75) is 0 Å². The van der Waals surface area contributed by atoms with Crippen LogP contribution in [-0.2, 0) is 21.1 Å². The lowest BCUT2D eigenvalue weighted by Gasteiger charge is -2.11. The number of aryl methyl sites for hydroxylation is 3. The Labute approximate surface area is 270 Å². The predicted octanol–water partition coefficient (Wildman–Crippen LogP) is 8.20. The van der Waals surface area contributed by atoms with E-state index < -0.39 is 0 Å². The molecule has 9 aromatic rings. The zero-order valence-electron chi connectivity index (χ0n) is 26.2. The third-order valence-corrected chi connectivity index (χ3v) is 9.13. The van der Waals surface area contributed by atoms with Crippen molar-refractivity contribution in [3.05, 3.63) is 128 Å². The van der Waals surface area contributed by atoms with Crippen LogP contribution in [0.5, 0.6) is 0 Å². The van der Waals surface area contributed by atoms with E-state index in [2.05, 4.69) is 115 Å². The molecule has 5 aromatic heterocycles. The summed E-state index contributed by atoms with van der Waals surface area (Å²) in [6.45, 7) is 0.